The van der Waals surface area contributed by atoms with E-state index < -0.39 is 0 Å². The number of aliphatic hydroxyl groups is 1. The molecule has 17 heavy (non-hydrogen) atoms. The number of amides is 1. The van der Waals surface area contributed by atoms with Crippen LogP contribution in [0.3, 0.4) is 0 Å². The average Bonchev–Trinajstić information content (AvgIpc) is 2.77. The van der Waals surface area contributed by atoms with Crippen LogP contribution in [0.15, 0.2) is 0 Å². The second kappa shape index (κ2) is 5.83. The Hall–Kier alpha value is -0.610. The van der Waals surface area contributed by atoms with Gasteiger partial charge in [-0.3, -0.25) is 4.79 Å². The van der Waals surface area contributed by atoms with Crippen molar-refractivity contribution in [3.63, 3.8) is 0 Å². The van der Waals surface area contributed by atoms with Gasteiger partial charge in [0.1, 0.15) is 0 Å². The van der Waals surface area contributed by atoms with Gasteiger partial charge in [0.05, 0.1) is 5.92 Å². The molecular weight excluding hydrogens is 216 g/mol. The fraction of sp³-hybridized carbons (Fsp3) is 0.923. The highest BCUT2D eigenvalue weighted by atomic mass is 16.3. The standard InChI is InChI=1S/C13H24N2O2/c1-15-7-6-11(8-15)13(17)14-12-4-2-10(9-16)3-5-12/h10-12,16H,2-9H2,1H3,(H,14,17). The normalized spacial score (nSPS) is 34.8. The van der Waals surface area contributed by atoms with E-state index in [0.717, 1.165) is 45.2 Å². The molecule has 2 aliphatic rings. The lowest BCUT2D eigenvalue weighted by Crippen LogP contribution is -2.41. The molecule has 1 saturated carbocycles. The molecule has 4 heteroatoms. The van der Waals surface area contributed by atoms with Crippen LogP contribution in [0, 0.1) is 11.8 Å². The Morgan fingerprint density at radius 2 is 2.00 bits per heavy atom. The van der Waals surface area contributed by atoms with Crippen LogP contribution in [-0.2, 0) is 4.79 Å². The van der Waals surface area contributed by atoms with E-state index in [1.54, 1.807) is 0 Å². The van der Waals surface area contributed by atoms with Crippen LogP contribution >= 0.6 is 0 Å². The van der Waals surface area contributed by atoms with Crippen molar-refractivity contribution in [3.8, 4) is 0 Å². The minimum atomic E-state index is 0.190. The number of carbonyl (C=O) groups is 1. The molecule has 1 heterocycles. The number of aliphatic hydroxyl groups excluding tert-OH is 1. The Bertz CT molecular complexity index is 262. The maximum Gasteiger partial charge on any atom is 0.224 e. The summed E-state index contributed by atoms with van der Waals surface area (Å²) in [5.41, 5.74) is 0. The first-order chi connectivity index (χ1) is 8.19. The Balaban J connectivity index is 1.72. The van der Waals surface area contributed by atoms with E-state index >= 15 is 0 Å². The number of nitrogens with zero attached hydrogens (tertiary/aromatic N) is 1. The van der Waals surface area contributed by atoms with Crippen LogP contribution in [0.1, 0.15) is 32.1 Å². The predicted molar refractivity (Wildman–Crippen MR) is 66.6 cm³/mol. The lowest BCUT2D eigenvalue weighted by atomic mass is 9.86. The summed E-state index contributed by atoms with van der Waals surface area (Å²) < 4.78 is 0. The second-order valence-electron chi connectivity index (χ2n) is 5.66. The number of hydrogen-bond acceptors (Lipinski definition) is 3. The van der Waals surface area contributed by atoms with Crippen molar-refractivity contribution in [2.75, 3.05) is 26.7 Å². The van der Waals surface area contributed by atoms with Crippen LogP contribution < -0.4 is 5.32 Å². The third kappa shape index (κ3) is 3.42. The van der Waals surface area contributed by atoms with Crippen molar-refractivity contribution in [2.45, 2.75) is 38.1 Å². The van der Waals surface area contributed by atoms with E-state index in [1.165, 1.54) is 0 Å². The largest absolute Gasteiger partial charge is 0.396 e. The Morgan fingerprint density at radius 1 is 1.29 bits per heavy atom. The molecule has 1 amide bonds. The van der Waals surface area contributed by atoms with E-state index in [-0.39, 0.29) is 11.8 Å². The van der Waals surface area contributed by atoms with Gasteiger partial charge >= 0.3 is 0 Å². The van der Waals surface area contributed by atoms with Crippen LogP contribution in [0.25, 0.3) is 0 Å². The fourth-order valence-corrected chi connectivity index (χ4v) is 2.96. The molecule has 0 aromatic rings. The smallest absolute Gasteiger partial charge is 0.224 e. The lowest BCUT2D eigenvalue weighted by molar-refractivity contribution is -0.125. The summed E-state index contributed by atoms with van der Waals surface area (Å²) in [5.74, 6) is 0.887. The molecule has 0 bridgehead atoms. The Labute approximate surface area is 103 Å². The third-order valence-corrected chi connectivity index (χ3v) is 4.21. The van der Waals surface area contributed by atoms with Crippen molar-refractivity contribution < 1.29 is 9.90 Å². The minimum Gasteiger partial charge on any atom is -0.396 e. The summed E-state index contributed by atoms with van der Waals surface area (Å²) >= 11 is 0. The molecule has 0 aromatic carbocycles. The van der Waals surface area contributed by atoms with Crippen LogP contribution in [0.5, 0.6) is 0 Å². The first kappa shape index (κ1) is 12.8. The average molecular weight is 240 g/mol. The zero-order valence-electron chi connectivity index (χ0n) is 10.7. The lowest BCUT2D eigenvalue weighted by Gasteiger charge is -2.28. The van der Waals surface area contributed by atoms with Gasteiger partial charge in [-0.25, -0.2) is 0 Å². The summed E-state index contributed by atoms with van der Waals surface area (Å²) in [7, 11) is 2.07. The molecule has 1 atom stereocenters. The van der Waals surface area contributed by atoms with Crippen molar-refractivity contribution in [3.05, 3.63) is 0 Å². The van der Waals surface area contributed by atoms with Crippen molar-refractivity contribution >= 4 is 5.91 Å². The Morgan fingerprint density at radius 3 is 2.53 bits per heavy atom. The molecule has 0 aromatic heterocycles. The molecular formula is C13H24N2O2. The Kier molecular flexibility index (Phi) is 4.40. The number of carbonyl (C=O) groups excluding carboxylic acids is 1. The highest BCUT2D eigenvalue weighted by molar-refractivity contribution is 5.79. The molecule has 4 nitrogen and oxygen atoms in total. The number of nitrogens with one attached hydrogen (secondary N) is 1. The zero-order valence-corrected chi connectivity index (χ0v) is 10.7. The molecule has 2 fully saturated rings. The number of hydrogen-bond donors (Lipinski definition) is 2. The van der Waals surface area contributed by atoms with Gasteiger partial charge in [-0.05, 0) is 51.6 Å². The summed E-state index contributed by atoms with van der Waals surface area (Å²) in [6, 6.07) is 0.344. The first-order valence-corrected chi connectivity index (χ1v) is 6.79. The predicted octanol–water partition coefficient (Wildman–Crippen LogP) is 0.605. The minimum absolute atomic E-state index is 0.190. The van der Waals surface area contributed by atoms with Gasteiger partial charge in [0, 0.05) is 19.2 Å². The van der Waals surface area contributed by atoms with E-state index in [0.29, 0.717) is 18.6 Å². The van der Waals surface area contributed by atoms with Crippen molar-refractivity contribution in [2.24, 2.45) is 11.8 Å². The molecule has 1 unspecified atom stereocenters. The fourth-order valence-electron chi connectivity index (χ4n) is 2.96. The van der Waals surface area contributed by atoms with Gasteiger partial charge in [0.15, 0.2) is 0 Å². The highest BCUT2D eigenvalue weighted by Crippen LogP contribution is 2.24. The highest BCUT2D eigenvalue weighted by Gasteiger charge is 2.29. The van der Waals surface area contributed by atoms with Crippen molar-refractivity contribution in [1.82, 2.24) is 10.2 Å². The topological polar surface area (TPSA) is 52.6 Å². The first-order valence-electron chi connectivity index (χ1n) is 6.79. The van der Waals surface area contributed by atoms with E-state index in [1.807, 2.05) is 0 Å². The van der Waals surface area contributed by atoms with Gasteiger partial charge in [0.25, 0.3) is 0 Å². The quantitative estimate of drug-likeness (QED) is 0.760. The molecule has 0 spiro atoms. The number of rotatable bonds is 3. The summed E-state index contributed by atoms with van der Waals surface area (Å²) in [6.07, 6.45) is 5.14. The van der Waals surface area contributed by atoms with Gasteiger partial charge in [-0.2, -0.15) is 0 Å². The van der Waals surface area contributed by atoms with Crippen LogP contribution in [0.2, 0.25) is 0 Å². The van der Waals surface area contributed by atoms with Gasteiger partial charge in [0.2, 0.25) is 5.91 Å². The SMILES string of the molecule is CN1CCC(C(=O)NC2CCC(CO)CC2)C1. The van der Waals surface area contributed by atoms with E-state index in [2.05, 4.69) is 17.3 Å². The monoisotopic (exact) mass is 240 g/mol. The van der Waals surface area contributed by atoms with Crippen LogP contribution in [-0.4, -0.2) is 48.7 Å². The van der Waals surface area contributed by atoms with Crippen molar-refractivity contribution in [1.29, 1.82) is 0 Å². The van der Waals surface area contributed by atoms with Gasteiger partial charge in [-0.1, -0.05) is 0 Å². The van der Waals surface area contributed by atoms with Crippen LogP contribution in [0.4, 0.5) is 0 Å². The molecule has 1 aliphatic carbocycles. The van der Waals surface area contributed by atoms with E-state index in [4.69, 9.17) is 5.11 Å². The van der Waals surface area contributed by atoms with E-state index in [9.17, 15) is 4.79 Å². The summed E-state index contributed by atoms with van der Waals surface area (Å²) in [5, 5.41) is 12.2. The van der Waals surface area contributed by atoms with Gasteiger partial charge in [-0.15, -0.1) is 0 Å². The molecule has 2 rings (SSSR count). The molecule has 2 N–H and O–H groups in total. The maximum absolute atomic E-state index is 12.0. The third-order valence-electron chi connectivity index (χ3n) is 4.21. The molecule has 98 valence electrons. The number of likely N-dealkylation sites (tertiary alicyclic amines) is 1. The molecule has 1 saturated heterocycles. The molecule has 1 aliphatic heterocycles. The maximum atomic E-state index is 12.0. The zero-order chi connectivity index (χ0) is 12.3. The molecule has 0 radical (unpaired) electrons. The van der Waals surface area contributed by atoms with Gasteiger partial charge < -0.3 is 15.3 Å². The second-order valence-corrected chi connectivity index (χ2v) is 5.66. The summed E-state index contributed by atoms with van der Waals surface area (Å²) in [6.45, 7) is 2.24. The summed E-state index contributed by atoms with van der Waals surface area (Å²) in [4.78, 5) is 14.2.